The van der Waals surface area contributed by atoms with Crippen LogP contribution in [0.25, 0.3) is 0 Å². The molecule has 0 aromatic carbocycles. The molecule has 0 bridgehead atoms. The lowest BCUT2D eigenvalue weighted by molar-refractivity contribution is -0.180. The van der Waals surface area contributed by atoms with Crippen molar-refractivity contribution in [3.8, 4) is 6.07 Å². The summed E-state index contributed by atoms with van der Waals surface area (Å²) < 4.78 is 48.8. The zero-order chi connectivity index (χ0) is 14.4. The molecule has 0 aliphatic carbocycles. The molecule has 1 unspecified atom stereocenters. The molecule has 0 saturated carbocycles. The number of esters is 1. The van der Waals surface area contributed by atoms with Gasteiger partial charge >= 0.3 is 11.9 Å². The molecule has 0 rings (SSSR count). The molecule has 0 amide bonds. The Kier molecular flexibility index (Phi) is 5.59. The van der Waals surface area contributed by atoms with Crippen LogP contribution in [-0.2, 0) is 14.3 Å². The summed E-state index contributed by atoms with van der Waals surface area (Å²) in [5.41, 5.74) is -3.04. The van der Waals surface area contributed by atoms with Crippen molar-refractivity contribution in [1.82, 2.24) is 0 Å². The summed E-state index contributed by atoms with van der Waals surface area (Å²) in [5, 5.41) is 8.83. The number of nitrogens with zero attached hydrogens (tertiary/aromatic N) is 1. The summed E-state index contributed by atoms with van der Waals surface area (Å²) in [6.07, 6.45) is 0.107. The first-order chi connectivity index (χ1) is 8.30. The Morgan fingerprint density at radius 1 is 1.56 bits per heavy atom. The van der Waals surface area contributed by atoms with Gasteiger partial charge in [-0.05, 0) is 0 Å². The summed E-state index contributed by atoms with van der Waals surface area (Å²) in [6.45, 7) is 4.97. The lowest BCUT2D eigenvalue weighted by Crippen LogP contribution is -2.48. The van der Waals surface area contributed by atoms with E-state index in [4.69, 9.17) is 5.26 Å². The molecule has 0 spiro atoms. The number of ether oxygens (including phenoxy) is 2. The minimum absolute atomic E-state index is 0.631. The predicted molar refractivity (Wildman–Crippen MR) is 56.0 cm³/mol. The van der Waals surface area contributed by atoms with E-state index in [1.165, 1.54) is 0 Å². The van der Waals surface area contributed by atoms with E-state index in [0.717, 1.165) is 19.3 Å². The summed E-state index contributed by atoms with van der Waals surface area (Å²) >= 11 is 0. The van der Waals surface area contributed by atoms with E-state index in [1.54, 1.807) is 0 Å². The molecule has 0 aliphatic rings. The fraction of sp³-hybridized carbons (Fsp3) is 0.455. The first kappa shape index (κ1) is 16.2. The van der Waals surface area contributed by atoms with Gasteiger partial charge in [0.05, 0.1) is 6.07 Å². The first-order valence-electron chi connectivity index (χ1n) is 4.71. The minimum Gasteiger partial charge on any atom is -0.437 e. The number of alkyl halides is 2. The van der Waals surface area contributed by atoms with E-state index in [0.29, 0.717) is 0 Å². The van der Waals surface area contributed by atoms with Gasteiger partial charge in [-0.15, -0.1) is 6.58 Å². The summed E-state index contributed by atoms with van der Waals surface area (Å²) in [4.78, 5) is 11.5. The molecule has 1 atom stereocenters. The SMILES string of the molecule is C=CCC(C#N)(C(=O)OCOC)C(F)(F)C(=C)F. The quantitative estimate of drug-likeness (QED) is 0.402. The highest BCUT2D eigenvalue weighted by Crippen LogP contribution is 2.45. The van der Waals surface area contributed by atoms with Gasteiger partial charge in [0.1, 0.15) is 0 Å². The van der Waals surface area contributed by atoms with Crippen LogP contribution in [0.1, 0.15) is 6.42 Å². The van der Waals surface area contributed by atoms with E-state index in [2.05, 4.69) is 22.6 Å². The average Bonchev–Trinajstić information content (AvgIpc) is 2.32. The first-order valence-corrected chi connectivity index (χ1v) is 4.71. The number of methoxy groups -OCH3 is 1. The Morgan fingerprint density at radius 3 is 2.44 bits per heavy atom. The van der Waals surface area contributed by atoms with Gasteiger partial charge in [-0.25, -0.2) is 9.18 Å². The van der Waals surface area contributed by atoms with Crippen LogP contribution in [0.4, 0.5) is 13.2 Å². The monoisotopic (exact) mass is 263 g/mol. The Morgan fingerprint density at radius 2 is 2.11 bits per heavy atom. The van der Waals surface area contributed by atoms with Gasteiger partial charge in [0.25, 0.3) is 0 Å². The normalized spacial score (nSPS) is 14.2. The van der Waals surface area contributed by atoms with Gasteiger partial charge in [-0.2, -0.15) is 14.0 Å². The molecule has 0 fully saturated rings. The number of allylic oxidation sites excluding steroid dienone is 2. The third kappa shape index (κ3) is 2.71. The summed E-state index contributed by atoms with van der Waals surface area (Å²) in [6, 6.07) is 1.09. The van der Waals surface area contributed by atoms with Crippen LogP contribution in [0.15, 0.2) is 25.1 Å². The van der Waals surface area contributed by atoms with E-state index >= 15 is 0 Å². The Balaban J connectivity index is 5.57. The maximum absolute atomic E-state index is 13.6. The fourth-order valence-corrected chi connectivity index (χ4v) is 1.18. The third-order valence-corrected chi connectivity index (χ3v) is 2.17. The fourth-order valence-electron chi connectivity index (χ4n) is 1.18. The number of hydrogen-bond acceptors (Lipinski definition) is 4. The zero-order valence-electron chi connectivity index (χ0n) is 9.71. The van der Waals surface area contributed by atoms with Crippen molar-refractivity contribution in [3.63, 3.8) is 0 Å². The highest BCUT2D eigenvalue weighted by molar-refractivity contribution is 5.82. The van der Waals surface area contributed by atoms with Crippen molar-refractivity contribution in [2.45, 2.75) is 12.3 Å². The van der Waals surface area contributed by atoms with Gasteiger partial charge in [0.2, 0.25) is 5.41 Å². The van der Waals surface area contributed by atoms with Gasteiger partial charge in [0.15, 0.2) is 12.6 Å². The van der Waals surface area contributed by atoms with E-state index in [1.807, 2.05) is 0 Å². The van der Waals surface area contributed by atoms with Crippen LogP contribution < -0.4 is 0 Å². The number of nitriles is 1. The van der Waals surface area contributed by atoms with E-state index < -0.39 is 36.3 Å². The van der Waals surface area contributed by atoms with Crippen molar-refractivity contribution >= 4 is 5.97 Å². The Bertz CT molecular complexity index is 389. The minimum atomic E-state index is -4.39. The van der Waals surface area contributed by atoms with Crippen LogP contribution in [-0.4, -0.2) is 25.8 Å². The molecule has 7 heteroatoms. The topological polar surface area (TPSA) is 59.3 Å². The molecule has 100 valence electrons. The van der Waals surface area contributed by atoms with E-state index in [-0.39, 0.29) is 0 Å². The molecule has 0 aromatic heterocycles. The summed E-state index contributed by atoms with van der Waals surface area (Å²) in [7, 11) is 1.15. The second-order valence-electron chi connectivity index (χ2n) is 3.33. The Hall–Kier alpha value is -1.81. The third-order valence-electron chi connectivity index (χ3n) is 2.17. The van der Waals surface area contributed by atoms with E-state index in [9.17, 15) is 18.0 Å². The van der Waals surface area contributed by atoms with Crippen LogP contribution in [0.3, 0.4) is 0 Å². The van der Waals surface area contributed by atoms with Crippen LogP contribution in [0.5, 0.6) is 0 Å². The van der Waals surface area contributed by atoms with Gasteiger partial charge in [-0.1, -0.05) is 12.7 Å². The molecule has 0 heterocycles. The largest absolute Gasteiger partial charge is 0.437 e. The second-order valence-corrected chi connectivity index (χ2v) is 3.33. The lowest BCUT2D eigenvalue weighted by Gasteiger charge is -2.30. The smallest absolute Gasteiger partial charge is 0.335 e. The number of carbonyl (C=O) groups excluding carboxylic acids is 1. The highest BCUT2D eigenvalue weighted by atomic mass is 19.3. The molecule has 0 aromatic rings. The molecule has 0 aliphatic heterocycles. The molecular weight excluding hydrogens is 251 g/mol. The van der Waals surface area contributed by atoms with Crippen molar-refractivity contribution < 1.29 is 27.4 Å². The molecule has 0 radical (unpaired) electrons. The van der Waals surface area contributed by atoms with Crippen LogP contribution in [0, 0.1) is 16.7 Å². The van der Waals surface area contributed by atoms with Gasteiger partial charge < -0.3 is 9.47 Å². The van der Waals surface area contributed by atoms with Crippen LogP contribution in [0.2, 0.25) is 0 Å². The van der Waals surface area contributed by atoms with Crippen molar-refractivity contribution in [2.24, 2.45) is 5.41 Å². The number of rotatable bonds is 7. The van der Waals surface area contributed by atoms with Crippen molar-refractivity contribution in [2.75, 3.05) is 13.9 Å². The zero-order valence-corrected chi connectivity index (χ0v) is 9.71. The molecule has 0 N–H and O–H groups in total. The van der Waals surface area contributed by atoms with Crippen molar-refractivity contribution in [1.29, 1.82) is 5.26 Å². The van der Waals surface area contributed by atoms with Crippen molar-refractivity contribution in [3.05, 3.63) is 25.1 Å². The molecule has 18 heavy (non-hydrogen) atoms. The average molecular weight is 263 g/mol. The van der Waals surface area contributed by atoms with Gasteiger partial charge in [-0.3, -0.25) is 0 Å². The van der Waals surface area contributed by atoms with Crippen LogP contribution >= 0.6 is 0 Å². The maximum atomic E-state index is 13.6. The number of hydrogen-bond donors (Lipinski definition) is 0. The molecular formula is C11H12F3NO3. The highest BCUT2D eigenvalue weighted by Gasteiger charge is 2.63. The lowest BCUT2D eigenvalue weighted by atomic mass is 9.79. The second kappa shape index (κ2) is 6.21. The predicted octanol–water partition coefficient (Wildman–Crippen LogP) is 2.34. The summed E-state index contributed by atoms with van der Waals surface area (Å²) in [5.74, 6) is -8.09. The number of carbonyl (C=O) groups is 1. The molecule has 4 nitrogen and oxygen atoms in total. The molecule has 0 saturated heterocycles. The maximum Gasteiger partial charge on any atom is 0.335 e. The number of halogens is 3. The van der Waals surface area contributed by atoms with Gasteiger partial charge in [0, 0.05) is 13.5 Å². The standard InChI is InChI=1S/C11H12F3NO3/c1-4-5-10(6-15,9(16)18-7-17-3)11(13,14)8(2)12/h4H,1-2,5,7H2,3H3. The Labute approximate surface area is 102 Å².